The van der Waals surface area contributed by atoms with Crippen LogP contribution in [0.15, 0.2) is 45.5 Å². The van der Waals surface area contributed by atoms with Gasteiger partial charge in [-0.15, -0.1) is 0 Å². The fourth-order valence-electron chi connectivity index (χ4n) is 3.70. The van der Waals surface area contributed by atoms with Crippen LogP contribution in [0.3, 0.4) is 0 Å². The summed E-state index contributed by atoms with van der Waals surface area (Å²) >= 11 is 1.22. The number of benzene rings is 1. The molecule has 1 aliphatic rings. The van der Waals surface area contributed by atoms with Gasteiger partial charge in [0.05, 0.1) is 5.52 Å². The number of hydrogen-bond donors (Lipinski definition) is 0. The zero-order valence-electron chi connectivity index (χ0n) is 16.5. The normalized spacial score (nSPS) is 16.5. The molecule has 2 aromatic heterocycles. The van der Waals surface area contributed by atoms with Gasteiger partial charge >= 0.3 is 4.87 Å². The quantitative estimate of drug-likeness (QED) is 0.617. The van der Waals surface area contributed by atoms with Crippen molar-refractivity contribution >= 4 is 32.3 Å². The summed E-state index contributed by atoms with van der Waals surface area (Å²) in [5.41, 5.74) is 2.49. The van der Waals surface area contributed by atoms with E-state index in [-0.39, 0.29) is 9.77 Å². The molecule has 0 unspecified atom stereocenters. The van der Waals surface area contributed by atoms with Crippen LogP contribution < -0.4 is 4.87 Å². The lowest BCUT2D eigenvalue weighted by Crippen LogP contribution is -2.49. The molecule has 29 heavy (non-hydrogen) atoms. The van der Waals surface area contributed by atoms with Crippen molar-refractivity contribution in [3.8, 4) is 0 Å². The van der Waals surface area contributed by atoms with E-state index in [1.807, 2.05) is 31.4 Å². The summed E-state index contributed by atoms with van der Waals surface area (Å²) in [6.07, 6.45) is 1.70. The number of para-hydroxylation sites is 1. The van der Waals surface area contributed by atoms with E-state index >= 15 is 0 Å². The van der Waals surface area contributed by atoms with Gasteiger partial charge in [-0.25, -0.2) is 8.42 Å². The van der Waals surface area contributed by atoms with E-state index in [0.717, 1.165) is 23.2 Å². The number of sulfonamides is 1. The smallest absolute Gasteiger partial charge is 0.302 e. The van der Waals surface area contributed by atoms with Gasteiger partial charge in [-0.3, -0.25) is 14.7 Å². The Morgan fingerprint density at radius 1 is 1.10 bits per heavy atom. The molecular weight excluding hydrogens is 408 g/mol. The van der Waals surface area contributed by atoms with Gasteiger partial charge in [0, 0.05) is 61.9 Å². The molecule has 1 aromatic carbocycles. The van der Waals surface area contributed by atoms with Gasteiger partial charge in [-0.05, 0) is 31.5 Å². The standard InChI is InChI=1S/C20H24N4O3S2/c1-15-12-17-4-3-5-18(19(17)21-13-15)29(26,27)23-9-6-22(7-10-23)8-11-24-16(2)14-28-20(24)25/h3-5,12-14H,6-11H2,1-2H3. The predicted molar refractivity (Wildman–Crippen MR) is 115 cm³/mol. The van der Waals surface area contributed by atoms with Gasteiger partial charge < -0.3 is 4.57 Å². The van der Waals surface area contributed by atoms with E-state index < -0.39 is 10.0 Å². The number of aromatic nitrogens is 2. The summed E-state index contributed by atoms with van der Waals surface area (Å²) in [6.45, 7) is 7.40. The van der Waals surface area contributed by atoms with Crippen LogP contribution in [0.2, 0.25) is 0 Å². The first-order valence-corrected chi connectivity index (χ1v) is 11.9. The molecule has 0 N–H and O–H groups in total. The average molecular weight is 433 g/mol. The Hall–Kier alpha value is -2.07. The highest BCUT2D eigenvalue weighted by Gasteiger charge is 2.30. The zero-order chi connectivity index (χ0) is 20.6. The van der Waals surface area contributed by atoms with Crippen molar-refractivity contribution in [2.75, 3.05) is 32.7 Å². The van der Waals surface area contributed by atoms with E-state index in [1.165, 1.54) is 11.3 Å². The molecule has 0 bridgehead atoms. The Kier molecular flexibility index (Phi) is 5.56. The minimum Gasteiger partial charge on any atom is -0.302 e. The van der Waals surface area contributed by atoms with E-state index in [9.17, 15) is 13.2 Å². The van der Waals surface area contributed by atoms with Crippen LogP contribution in [0, 0.1) is 13.8 Å². The Morgan fingerprint density at radius 3 is 2.55 bits per heavy atom. The minimum absolute atomic E-state index is 0.0578. The van der Waals surface area contributed by atoms with Crippen molar-refractivity contribution in [2.24, 2.45) is 0 Å². The molecule has 3 aromatic rings. The molecule has 3 heterocycles. The second kappa shape index (κ2) is 7.98. The first-order valence-electron chi connectivity index (χ1n) is 9.59. The average Bonchev–Trinajstić information content (AvgIpc) is 3.03. The summed E-state index contributed by atoms with van der Waals surface area (Å²) in [5, 5.41) is 2.70. The van der Waals surface area contributed by atoms with Gasteiger partial charge in [0.15, 0.2) is 0 Å². The van der Waals surface area contributed by atoms with Crippen LogP contribution in [0.25, 0.3) is 10.9 Å². The van der Waals surface area contributed by atoms with E-state index in [0.29, 0.717) is 38.2 Å². The Balaban J connectivity index is 1.46. The predicted octanol–water partition coefficient (Wildman–Crippen LogP) is 2.08. The van der Waals surface area contributed by atoms with Crippen molar-refractivity contribution in [1.82, 2.24) is 18.8 Å². The van der Waals surface area contributed by atoms with Crippen molar-refractivity contribution in [2.45, 2.75) is 25.3 Å². The molecular formula is C20H24N4O3S2. The molecule has 154 valence electrons. The molecule has 4 rings (SSSR count). The maximum atomic E-state index is 13.3. The van der Waals surface area contributed by atoms with Crippen molar-refractivity contribution in [3.05, 3.63) is 56.8 Å². The van der Waals surface area contributed by atoms with Crippen LogP contribution in [0.4, 0.5) is 0 Å². The molecule has 1 saturated heterocycles. The number of fused-ring (bicyclic) bond motifs is 1. The minimum atomic E-state index is -3.61. The van der Waals surface area contributed by atoms with E-state index in [2.05, 4.69) is 9.88 Å². The largest absolute Gasteiger partial charge is 0.307 e. The lowest BCUT2D eigenvalue weighted by atomic mass is 10.2. The summed E-state index contributed by atoms with van der Waals surface area (Å²) in [6, 6.07) is 7.25. The van der Waals surface area contributed by atoms with Crippen molar-refractivity contribution in [3.63, 3.8) is 0 Å². The van der Waals surface area contributed by atoms with Crippen molar-refractivity contribution < 1.29 is 8.42 Å². The highest BCUT2D eigenvalue weighted by Crippen LogP contribution is 2.25. The summed E-state index contributed by atoms with van der Waals surface area (Å²) in [7, 11) is -3.61. The Labute approximate surface area is 174 Å². The second-order valence-electron chi connectivity index (χ2n) is 7.38. The molecule has 0 aliphatic carbocycles. The van der Waals surface area contributed by atoms with Crippen LogP contribution in [-0.2, 0) is 16.6 Å². The molecule has 0 spiro atoms. The molecule has 1 aliphatic heterocycles. The number of rotatable bonds is 5. The number of hydrogen-bond acceptors (Lipinski definition) is 6. The van der Waals surface area contributed by atoms with Crippen LogP contribution >= 0.6 is 11.3 Å². The fraction of sp³-hybridized carbons (Fsp3) is 0.400. The number of piperazine rings is 1. The molecule has 0 radical (unpaired) electrons. The second-order valence-corrected chi connectivity index (χ2v) is 10.1. The lowest BCUT2D eigenvalue weighted by Gasteiger charge is -2.34. The highest BCUT2D eigenvalue weighted by atomic mass is 32.2. The SMILES string of the molecule is Cc1cnc2c(S(=O)(=O)N3CCN(CCn4c(C)csc4=O)CC3)cccc2c1. The van der Waals surface area contributed by atoms with Crippen LogP contribution in [-0.4, -0.2) is 59.9 Å². The Morgan fingerprint density at radius 2 is 1.86 bits per heavy atom. The summed E-state index contributed by atoms with van der Waals surface area (Å²) in [4.78, 5) is 18.8. The highest BCUT2D eigenvalue weighted by molar-refractivity contribution is 7.89. The van der Waals surface area contributed by atoms with Crippen LogP contribution in [0.1, 0.15) is 11.3 Å². The van der Waals surface area contributed by atoms with Gasteiger partial charge in [0.25, 0.3) is 0 Å². The molecule has 0 atom stereocenters. The number of aryl methyl sites for hydroxylation is 2. The van der Waals surface area contributed by atoms with E-state index in [4.69, 9.17) is 0 Å². The van der Waals surface area contributed by atoms with Crippen LogP contribution in [0.5, 0.6) is 0 Å². The topological polar surface area (TPSA) is 75.5 Å². The Bertz CT molecular complexity index is 1190. The molecule has 1 fully saturated rings. The molecule has 7 nitrogen and oxygen atoms in total. The van der Waals surface area contributed by atoms with Gasteiger partial charge in [-0.2, -0.15) is 4.31 Å². The number of thiazole rings is 1. The first-order chi connectivity index (χ1) is 13.9. The zero-order valence-corrected chi connectivity index (χ0v) is 18.2. The fourth-order valence-corrected chi connectivity index (χ4v) is 6.05. The molecule has 0 amide bonds. The molecule has 0 saturated carbocycles. The van der Waals surface area contributed by atoms with Gasteiger partial charge in [0.1, 0.15) is 4.90 Å². The van der Waals surface area contributed by atoms with Crippen molar-refractivity contribution in [1.29, 1.82) is 0 Å². The number of nitrogens with zero attached hydrogens (tertiary/aromatic N) is 4. The van der Waals surface area contributed by atoms with Gasteiger partial charge in [-0.1, -0.05) is 23.5 Å². The summed E-state index contributed by atoms with van der Waals surface area (Å²) in [5.74, 6) is 0. The maximum absolute atomic E-state index is 13.3. The maximum Gasteiger partial charge on any atom is 0.307 e. The first kappa shape index (κ1) is 20.2. The van der Waals surface area contributed by atoms with Gasteiger partial charge in [0.2, 0.25) is 10.0 Å². The van der Waals surface area contributed by atoms with E-state index in [1.54, 1.807) is 27.2 Å². The molecule has 9 heteroatoms. The monoisotopic (exact) mass is 432 g/mol. The third kappa shape index (κ3) is 4.00. The lowest BCUT2D eigenvalue weighted by molar-refractivity contribution is 0.182. The summed E-state index contributed by atoms with van der Waals surface area (Å²) < 4.78 is 29.8. The third-order valence-corrected chi connectivity index (χ3v) is 8.19. The number of pyridine rings is 1. The third-order valence-electron chi connectivity index (χ3n) is 5.38.